The summed E-state index contributed by atoms with van der Waals surface area (Å²) in [5, 5.41) is 3.96. The molecule has 1 aliphatic heterocycles. The number of carbonyl (C=O) groups is 1. The molecule has 8 nitrogen and oxygen atoms in total. The second-order valence-corrected chi connectivity index (χ2v) is 8.31. The predicted molar refractivity (Wildman–Crippen MR) is 119 cm³/mol. The average Bonchev–Trinajstić information content (AvgIpc) is 3.10. The predicted octanol–water partition coefficient (Wildman–Crippen LogP) is 3.79. The van der Waals surface area contributed by atoms with Gasteiger partial charge in [-0.3, -0.25) is 9.69 Å². The zero-order chi connectivity index (χ0) is 22.7. The number of benzene rings is 1. The van der Waals surface area contributed by atoms with E-state index in [0.29, 0.717) is 17.9 Å². The molecule has 1 amide bonds. The van der Waals surface area contributed by atoms with E-state index in [-0.39, 0.29) is 6.04 Å². The number of rotatable bonds is 7. The maximum Gasteiger partial charge on any atom is 0.252 e. The Hall–Kier alpha value is -3.26. The van der Waals surface area contributed by atoms with Gasteiger partial charge in [-0.2, -0.15) is 0 Å². The molecule has 4 rings (SSSR count). The first-order valence-electron chi connectivity index (χ1n) is 10.9. The Bertz CT molecular complexity index is 1070. The average molecular weight is 436 g/mol. The Morgan fingerprint density at radius 1 is 1.19 bits per heavy atom. The molecule has 0 unspecified atom stereocenters. The second kappa shape index (κ2) is 9.48. The van der Waals surface area contributed by atoms with E-state index >= 15 is 0 Å². The molecule has 0 radical (unpaired) electrons. The molecule has 2 N–H and O–H groups in total. The number of likely N-dealkylation sites (tertiary alicyclic amines) is 1. The maximum absolute atomic E-state index is 11.5. The lowest BCUT2D eigenvalue weighted by molar-refractivity contribution is 0.0998. The van der Waals surface area contributed by atoms with Crippen molar-refractivity contribution in [2.75, 3.05) is 6.54 Å². The van der Waals surface area contributed by atoms with E-state index in [1.165, 1.54) is 5.56 Å². The molecule has 3 aromatic rings. The van der Waals surface area contributed by atoms with Gasteiger partial charge in [0, 0.05) is 12.7 Å². The van der Waals surface area contributed by atoms with Gasteiger partial charge in [-0.05, 0) is 57.9 Å². The van der Waals surface area contributed by atoms with Gasteiger partial charge in [-0.25, -0.2) is 9.97 Å². The van der Waals surface area contributed by atoms with E-state index in [9.17, 15) is 4.79 Å². The monoisotopic (exact) mass is 435 g/mol. The molecule has 32 heavy (non-hydrogen) atoms. The van der Waals surface area contributed by atoms with Gasteiger partial charge in [0.15, 0.2) is 0 Å². The van der Waals surface area contributed by atoms with Crippen LogP contribution in [0.3, 0.4) is 0 Å². The third kappa shape index (κ3) is 4.80. The number of piperidine rings is 1. The molecule has 0 aliphatic carbocycles. The summed E-state index contributed by atoms with van der Waals surface area (Å²) in [5.74, 6) is 1.86. The number of aromatic nitrogens is 3. The normalized spacial score (nSPS) is 16.8. The molecule has 8 heteroatoms. The molecular weight excluding hydrogens is 406 g/mol. The minimum Gasteiger partial charge on any atom is -0.489 e. The summed E-state index contributed by atoms with van der Waals surface area (Å²) in [4.78, 5) is 23.0. The van der Waals surface area contributed by atoms with Crippen LogP contribution in [0.5, 0.6) is 5.75 Å². The van der Waals surface area contributed by atoms with Gasteiger partial charge in [0.1, 0.15) is 23.9 Å². The molecule has 0 spiro atoms. The lowest BCUT2D eigenvalue weighted by Gasteiger charge is -2.34. The van der Waals surface area contributed by atoms with Crippen molar-refractivity contribution >= 4 is 5.91 Å². The standard InChI is InChI=1S/C24H29N5O3/c1-15-20(23(25)30)12-26-24(27-15)22-6-4-5-11-29(22)13-18-7-9-19(10-8-18)31-14-21-16(2)28-32-17(21)3/h7-10,12,22H,4-6,11,13-14H2,1-3H3,(H2,25,30)/t22-/m0/s1. The molecule has 0 bridgehead atoms. The van der Waals surface area contributed by atoms with Gasteiger partial charge in [0.25, 0.3) is 5.91 Å². The Labute approximate surface area is 187 Å². The molecule has 1 saturated heterocycles. The fourth-order valence-electron chi connectivity index (χ4n) is 4.15. The molecule has 1 fully saturated rings. The molecular formula is C24H29N5O3. The van der Waals surface area contributed by atoms with E-state index in [2.05, 4.69) is 32.2 Å². The molecule has 168 valence electrons. The van der Waals surface area contributed by atoms with Crippen LogP contribution < -0.4 is 10.5 Å². The van der Waals surface area contributed by atoms with Gasteiger partial charge >= 0.3 is 0 Å². The lowest BCUT2D eigenvalue weighted by Crippen LogP contribution is -2.34. The van der Waals surface area contributed by atoms with Crippen LogP contribution in [-0.4, -0.2) is 32.5 Å². The number of primary amides is 1. The third-order valence-corrected chi connectivity index (χ3v) is 6.05. The van der Waals surface area contributed by atoms with Crippen LogP contribution in [0, 0.1) is 20.8 Å². The number of carbonyl (C=O) groups excluding carboxylic acids is 1. The first-order valence-corrected chi connectivity index (χ1v) is 10.9. The number of hydrogen-bond donors (Lipinski definition) is 1. The van der Waals surface area contributed by atoms with Crippen molar-refractivity contribution in [3.05, 3.63) is 70.1 Å². The van der Waals surface area contributed by atoms with Crippen molar-refractivity contribution in [3.63, 3.8) is 0 Å². The zero-order valence-corrected chi connectivity index (χ0v) is 18.8. The Morgan fingerprint density at radius 3 is 2.62 bits per heavy atom. The van der Waals surface area contributed by atoms with E-state index in [0.717, 1.165) is 60.9 Å². The Kier molecular flexibility index (Phi) is 6.50. The van der Waals surface area contributed by atoms with Crippen LogP contribution in [0.15, 0.2) is 35.0 Å². The lowest BCUT2D eigenvalue weighted by atomic mass is 10.00. The number of aryl methyl sites for hydroxylation is 3. The van der Waals surface area contributed by atoms with E-state index in [1.807, 2.05) is 26.0 Å². The van der Waals surface area contributed by atoms with Crippen LogP contribution in [0.1, 0.15) is 69.8 Å². The highest BCUT2D eigenvalue weighted by Crippen LogP contribution is 2.31. The Morgan fingerprint density at radius 2 is 1.97 bits per heavy atom. The van der Waals surface area contributed by atoms with Crippen LogP contribution >= 0.6 is 0 Å². The quantitative estimate of drug-likeness (QED) is 0.601. The molecule has 2 aromatic heterocycles. The summed E-state index contributed by atoms with van der Waals surface area (Å²) in [7, 11) is 0. The summed E-state index contributed by atoms with van der Waals surface area (Å²) in [6.07, 6.45) is 4.83. The first kappa shape index (κ1) is 22.0. The van der Waals surface area contributed by atoms with E-state index in [4.69, 9.17) is 15.0 Å². The van der Waals surface area contributed by atoms with Crippen molar-refractivity contribution in [3.8, 4) is 5.75 Å². The van der Waals surface area contributed by atoms with E-state index in [1.54, 1.807) is 13.1 Å². The van der Waals surface area contributed by atoms with Gasteiger partial charge in [-0.15, -0.1) is 0 Å². The van der Waals surface area contributed by atoms with Crippen molar-refractivity contribution in [2.24, 2.45) is 5.73 Å². The first-order chi connectivity index (χ1) is 15.4. The van der Waals surface area contributed by atoms with Crippen LogP contribution in [0.2, 0.25) is 0 Å². The molecule has 0 saturated carbocycles. The van der Waals surface area contributed by atoms with Gasteiger partial charge in [0.2, 0.25) is 0 Å². The highest BCUT2D eigenvalue weighted by molar-refractivity contribution is 5.93. The molecule has 3 heterocycles. The number of amides is 1. The number of nitrogens with zero attached hydrogens (tertiary/aromatic N) is 4. The van der Waals surface area contributed by atoms with Gasteiger partial charge in [0.05, 0.1) is 28.6 Å². The highest BCUT2D eigenvalue weighted by Gasteiger charge is 2.27. The fraction of sp³-hybridized carbons (Fsp3) is 0.417. The van der Waals surface area contributed by atoms with Gasteiger partial charge in [-0.1, -0.05) is 23.7 Å². The van der Waals surface area contributed by atoms with Gasteiger partial charge < -0.3 is 15.0 Å². The number of hydrogen-bond acceptors (Lipinski definition) is 7. The van der Waals surface area contributed by atoms with Crippen LogP contribution in [-0.2, 0) is 13.2 Å². The minimum atomic E-state index is -0.494. The largest absolute Gasteiger partial charge is 0.489 e. The summed E-state index contributed by atoms with van der Waals surface area (Å²) in [6.45, 7) is 7.83. The third-order valence-electron chi connectivity index (χ3n) is 6.05. The second-order valence-electron chi connectivity index (χ2n) is 8.31. The van der Waals surface area contributed by atoms with Crippen molar-refractivity contribution in [2.45, 2.75) is 59.2 Å². The van der Waals surface area contributed by atoms with Crippen molar-refractivity contribution in [1.29, 1.82) is 0 Å². The summed E-state index contributed by atoms with van der Waals surface area (Å²) in [5.41, 5.74) is 9.46. The van der Waals surface area contributed by atoms with E-state index < -0.39 is 5.91 Å². The molecule has 1 atom stereocenters. The summed E-state index contributed by atoms with van der Waals surface area (Å²) >= 11 is 0. The smallest absolute Gasteiger partial charge is 0.252 e. The fourth-order valence-corrected chi connectivity index (χ4v) is 4.15. The zero-order valence-electron chi connectivity index (χ0n) is 18.8. The Balaban J connectivity index is 1.43. The SMILES string of the molecule is Cc1nc([C@@H]2CCCCN2Cc2ccc(OCc3c(C)noc3C)cc2)ncc1C(N)=O. The van der Waals surface area contributed by atoms with Crippen molar-refractivity contribution in [1.82, 2.24) is 20.0 Å². The van der Waals surface area contributed by atoms with Crippen molar-refractivity contribution < 1.29 is 14.1 Å². The topological polar surface area (TPSA) is 107 Å². The summed E-state index contributed by atoms with van der Waals surface area (Å²) < 4.78 is 11.1. The maximum atomic E-state index is 11.5. The van der Waals surface area contributed by atoms with Crippen LogP contribution in [0.4, 0.5) is 0 Å². The highest BCUT2D eigenvalue weighted by atomic mass is 16.5. The van der Waals surface area contributed by atoms with Crippen LogP contribution in [0.25, 0.3) is 0 Å². The minimum absolute atomic E-state index is 0.125. The number of ether oxygens (including phenoxy) is 1. The number of nitrogens with two attached hydrogens (primary N) is 1. The molecule has 1 aromatic carbocycles. The summed E-state index contributed by atoms with van der Waals surface area (Å²) in [6, 6.07) is 8.30. The molecule has 1 aliphatic rings.